The molecule has 0 fully saturated rings. The summed E-state index contributed by atoms with van der Waals surface area (Å²) in [6, 6.07) is 18.6. The molecule has 3 aromatic heterocycles. The van der Waals surface area contributed by atoms with E-state index in [-0.39, 0.29) is 5.91 Å². The number of ether oxygens (including phenoxy) is 1. The highest BCUT2D eigenvalue weighted by Gasteiger charge is 2.14. The topological polar surface area (TPSA) is 105 Å². The molecule has 0 bridgehead atoms. The number of hydrogen-bond donors (Lipinski definition) is 3. The molecular formula is C27H21ClN6O2. The van der Waals surface area contributed by atoms with Gasteiger partial charge in [-0.05, 0) is 54.1 Å². The molecule has 2 aromatic carbocycles. The maximum atomic E-state index is 11.7. The summed E-state index contributed by atoms with van der Waals surface area (Å²) in [5.41, 5.74) is 4.65. The second-order valence-corrected chi connectivity index (χ2v) is 8.21. The molecule has 0 aliphatic rings. The van der Waals surface area contributed by atoms with E-state index in [1.54, 1.807) is 18.3 Å². The minimum Gasteiger partial charge on any atom is -0.486 e. The Balaban J connectivity index is 1.41. The highest BCUT2D eigenvalue weighted by Crippen LogP contribution is 2.35. The molecule has 0 atom stereocenters. The van der Waals surface area contributed by atoms with Gasteiger partial charge in [0.1, 0.15) is 30.1 Å². The van der Waals surface area contributed by atoms with Crippen LogP contribution in [0.5, 0.6) is 5.75 Å². The molecule has 36 heavy (non-hydrogen) atoms. The molecule has 0 saturated heterocycles. The predicted octanol–water partition coefficient (Wildman–Crippen LogP) is 6.12. The number of aromatic nitrogens is 4. The maximum Gasteiger partial charge on any atom is 0.247 e. The van der Waals surface area contributed by atoms with Gasteiger partial charge in [-0.25, -0.2) is 9.97 Å². The van der Waals surface area contributed by atoms with Crippen molar-refractivity contribution in [2.75, 3.05) is 10.6 Å². The van der Waals surface area contributed by atoms with Crippen molar-refractivity contribution in [1.29, 1.82) is 0 Å². The second-order valence-electron chi connectivity index (χ2n) is 7.80. The summed E-state index contributed by atoms with van der Waals surface area (Å²) in [5, 5.41) is 7.38. The Hall–Kier alpha value is -4.69. The highest BCUT2D eigenvalue weighted by molar-refractivity contribution is 6.32. The highest BCUT2D eigenvalue weighted by atomic mass is 35.5. The van der Waals surface area contributed by atoms with Crippen molar-refractivity contribution in [2.45, 2.75) is 6.61 Å². The lowest BCUT2D eigenvalue weighted by Crippen LogP contribution is -2.06. The van der Waals surface area contributed by atoms with Gasteiger partial charge < -0.3 is 20.4 Å². The van der Waals surface area contributed by atoms with Crippen LogP contribution in [0, 0.1) is 0 Å². The molecule has 0 spiro atoms. The number of halogens is 1. The van der Waals surface area contributed by atoms with Crippen LogP contribution in [0.25, 0.3) is 22.2 Å². The van der Waals surface area contributed by atoms with Gasteiger partial charge >= 0.3 is 0 Å². The molecule has 8 nitrogen and oxygen atoms in total. The van der Waals surface area contributed by atoms with Gasteiger partial charge in [0.15, 0.2) is 0 Å². The molecule has 9 heteroatoms. The molecule has 0 saturated carbocycles. The standard InChI is InChI=1S/C27H21ClN6O2/c1-2-24(35)33-18-8-5-6-17(12-18)21-14-30-26-25(21)27(32-16-31-26)34-19-9-10-23(22(28)13-19)36-15-20-7-3-4-11-29-20/h2-14,16H,1,15H2,(H,33,35)(H2,30,31,32,34). The van der Waals surface area contributed by atoms with Gasteiger partial charge in [-0.15, -0.1) is 0 Å². The number of benzene rings is 2. The zero-order chi connectivity index (χ0) is 24.9. The van der Waals surface area contributed by atoms with Gasteiger partial charge in [0.05, 0.1) is 16.1 Å². The number of H-pyrrole nitrogens is 1. The van der Waals surface area contributed by atoms with Gasteiger partial charge in [0.25, 0.3) is 0 Å². The first-order valence-electron chi connectivity index (χ1n) is 11.1. The van der Waals surface area contributed by atoms with Gasteiger partial charge in [-0.2, -0.15) is 0 Å². The smallest absolute Gasteiger partial charge is 0.247 e. The van der Waals surface area contributed by atoms with E-state index in [1.165, 1.54) is 12.4 Å². The number of aromatic amines is 1. The van der Waals surface area contributed by atoms with E-state index in [4.69, 9.17) is 16.3 Å². The van der Waals surface area contributed by atoms with Crippen LogP contribution in [-0.2, 0) is 11.4 Å². The fourth-order valence-electron chi connectivity index (χ4n) is 3.71. The average molecular weight is 497 g/mol. The number of carbonyl (C=O) groups excluding carboxylic acids is 1. The lowest BCUT2D eigenvalue weighted by atomic mass is 10.1. The van der Waals surface area contributed by atoms with Crippen LogP contribution < -0.4 is 15.4 Å². The summed E-state index contributed by atoms with van der Waals surface area (Å²) < 4.78 is 5.82. The molecule has 0 aliphatic heterocycles. The summed E-state index contributed by atoms with van der Waals surface area (Å²) >= 11 is 6.49. The van der Waals surface area contributed by atoms with Crippen molar-refractivity contribution < 1.29 is 9.53 Å². The third-order valence-electron chi connectivity index (χ3n) is 5.39. The molecule has 3 heterocycles. The van der Waals surface area contributed by atoms with Crippen molar-refractivity contribution in [3.05, 3.63) is 103 Å². The third-order valence-corrected chi connectivity index (χ3v) is 5.69. The monoisotopic (exact) mass is 496 g/mol. The molecule has 178 valence electrons. The quantitative estimate of drug-likeness (QED) is 0.223. The molecule has 1 amide bonds. The summed E-state index contributed by atoms with van der Waals surface area (Å²) in [4.78, 5) is 28.0. The Morgan fingerprint density at radius 2 is 1.97 bits per heavy atom. The van der Waals surface area contributed by atoms with Crippen molar-refractivity contribution >= 4 is 45.7 Å². The maximum absolute atomic E-state index is 11.7. The molecular weight excluding hydrogens is 476 g/mol. The number of carbonyl (C=O) groups is 1. The first kappa shape index (κ1) is 23.1. The van der Waals surface area contributed by atoms with Crippen molar-refractivity contribution in [3.63, 3.8) is 0 Å². The Labute approximate surface area is 212 Å². The first-order valence-corrected chi connectivity index (χ1v) is 11.4. The van der Waals surface area contributed by atoms with Gasteiger partial charge in [-0.1, -0.05) is 36.4 Å². The van der Waals surface area contributed by atoms with Crippen LogP contribution in [0.4, 0.5) is 17.2 Å². The van der Waals surface area contributed by atoms with Crippen LogP contribution in [-0.4, -0.2) is 25.8 Å². The van der Waals surface area contributed by atoms with E-state index in [0.717, 1.165) is 27.9 Å². The van der Waals surface area contributed by atoms with Crippen molar-refractivity contribution in [1.82, 2.24) is 19.9 Å². The summed E-state index contributed by atoms with van der Waals surface area (Å²) in [5.74, 6) is 0.887. The average Bonchev–Trinajstić information content (AvgIpc) is 3.34. The molecule has 0 aliphatic carbocycles. The molecule has 3 N–H and O–H groups in total. The zero-order valence-electron chi connectivity index (χ0n) is 19.0. The normalized spacial score (nSPS) is 10.7. The van der Waals surface area contributed by atoms with Gasteiger partial charge in [0.2, 0.25) is 5.91 Å². The van der Waals surface area contributed by atoms with Crippen LogP contribution >= 0.6 is 11.6 Å². The molecule has 0 radical (unpaired) electrons. The Kier molecular flexibility index (Phi) is 6.59. The van der Waals surface area contributed by atoms with E-state index in [1.807, 2.05) is 54.7 Å². The number of nitrogens with one attached hydrogen (secondary N) is 3. The minimum atomic E-state index is -0.277. The van der Waals surface area contributed by atoms with Crippen LogP contribution in [0.15, 0.2) is 92.0 Å². The number of nitrogens with zero attached hydrogens (tertiary/aromatic N) is 3. The largest absolute Gasteiger partial charge is 0.486 e. The second kappa shape index (κ2) is 10.3. The van der Waals surface area contributed by atoms with Crippen LogP contribution in [0.2, 0.25) is 5.02 Å². The van der Waals surface area contributed by atoms with E-state index in [2.05, 4.69) is 37.1 Å². The number of pyridine rings is 1. The lowest BCUT2D eigenvalue weighted by molar-refractivity contribution is -0.111. The van der Waals surface area contributed by atoms with E-state index < -0.39 is 0 Å². The predicted molar refractivity (Wildman–Crippen MR) is 141 cm³/mol. The van der Waals surface area contributed by atoms with E-state index in [9.17, 15) is 4.79 Å². The van der Waals surface area contributed by atoms with Crippen molar-refractivity contribution in [2.24, 2.45) is 0 Å². The van der Waals surface area contributed by atoms with Gasteiger partial charge in [0, 0.05) is 29.3 Å². The van der Waals surface area contributed by atoms with E-state index in [0.29, 0.717) is 34.5 Å². The molecule has 0 unspecified atom stereocenters. The van der Waals surface area contributed by atoms with Gasteiger partial charge in [-0.3, -0.25) is 9.78 Å². The number of amides is 1. The lowest BCUT2D eigenvalue weighted by Gasteiger charge is -2.12. The third kappa shape index (κ3) is 5.03. The SMILES string of the molecule is C=CC(=O)Nc1cccc(-c2c[nH]c3ncnc(Nc4ccc(OCc5ccccn5)c(Cl)c4)c23)c1. The Bertz CT molecular complexity index is 1550. The van der Waals surface area contributed by atoms with Crippen molar-refractivity contribution in [3.8, 4) is 16.9 Å². The Morgan fingerprint density at radius 1 is 1.06 bits per heavy atom. The Morgan fingerprint density at radius 3 is 2.78 bits per heavy atom. The number of anilines is 3. The molecule has 5 rings (SSSR count). The summed E-state index contributed by atoms with van der Waals surface area (Å²) in [6.45, 7) is 3.81. The summed E-state index contributed by atoms with van der Waals surface area (Å²) in [6.07, 6.45) is 6.30. The van der Waals surface area contributed by atoms with Crippen LogP contribution in [0.3, 0.4) is 0 Å². The first-order chi connectivity index (χ1) is 17.6. The fraction of sp³-hybridized carbons (Fsp3) is 0.0370. The zero-order valence-corrected chi connectivity index (χ0v) is 19.8. The molecule has 5 aromatic rings. The number of fused-ring (bicyclic) bond motifs is 1. The van der Waals surface area contributed by atoms with Crippen LogP contribution in [0.1, 0.15) is 5.69 Å². The van der Waals surface area contributed by atoms with E-state index >= 15 is 0 Å². The minimum absolute atomic E-state index is 0.277. The summed E-state index contributed by atoms with van der Waals surface area (Å²) in [7, 11) is 0. The number of hydrogen-bond acceptors (Lipinski definition) is 6. The number of rotatable bonds is 8. The fourth-order valence-corrected chi connectivity index (χ4v) is 3.95.